The molecule has 0 spiro atoms. The summed E-state index contributed by atoms with van der Waals surface area (Å²) >= 11 is 4.91. The number of aryl methyl sites for hydroxylation is 2. The van der Waals surface area contributed by atoms with Crippen molar-refractivity contribution in [3.05, 3.63) is 35.4 Å². The van der Waals surface area contributed by atoms with Crippen molar-refractivity contribution in [2.24, 2.45) is 12.8 Å². The Morgan fingerprint density at radius 1 is 1.50 bits per heavy atom. The number of anilines is 1. The topological polar surface area (TPSA) is 81.6 Å². The summed E-state index contributed by atoms with van der Waals surface area (Å²) in [7, 11) is 1.87. The van der Waals surface area contributed by atoms with Crippen LogP contribution < -0.4 is 11.1 Å². The van der Waals surface area contributed by atoms with Crippen molar-refractivity contribution in [3.63, 3.8) is 0 Å². The SMILES string of the molecule is Cc1cc(C(N)=S)nc(NCc2cnn(C)c2)n1. The van der Waals surface area contributed by atoms with E-state index in [1.165, 1.54) is 0 Å². The van der Waals surface area contributed by atoms with Gasteiger partial charge in [0.25, 0.3) is 0 Å². The second kappa shape index (κ2) is 5.09. The van der Waals surface area contributed by atoms with Crippen molar-refractivity contribution in [2.45, 2.75) is 13.5 Å². The van der Waals surface area contributed by atoms with Crippen LogP contribution in [0.25, 0.3) is 0 Å². The summed E-state index contributed by atoms with van der Waals surface area (Å²) in [5.41, 5.74) is 8.01. The molecular formula is C11H14N6S. The van der Waals surface area contributed by atoms with Crippen molar-refractivity contribution >= 4 is 23.2 Å². The molecule has 0 amide bonds. The van der Waals surface area contributed by atoms with E-state index < -0.39 is 0 Å². The fourth-order valence-corrected chi connectivity index (χ4v) is 1.62. The molecule has 2 aromatic rings. The number of hydrogen-bond acceptors (Lipinski definition) is 5. The molecule has 3 N–H and O–H groups in total. The molecule has 2 aromatic heterocycles. The van der Waals surface area contributed by atoms with Gasteiger partial charge in [0.15, 0.2) is 0 Å². The quantitative estimate of drug-likeness (QED) is 0.792. The molecule has 0 aliphatic carbocycles. The van der Waals surface area contributed by atoms with Crippen LogP contribution in [0.15, 0.2) is 18.5 Å². The molecule has 0 unspecified atom stereocenters. The summed E-state index contributed by atoms with van der Waals surface area (Å²) in [6.45, 7) is 2.48. The third-order valence-corrected chi connectivity index (χ3v) is 2.52. The molecule has 0 atom stereocenters. The zero-order valence-corrected chi connectivity index (χ0v) is 11.0. The molecule has 0 bridgehead atoms. The molecule has 7 heteroatoms. The first-order valence-corrected chi connectivity index (χ1v) is 5.82. The number of aromatic nitrogens is 4. The minimum Gasteiger partial charge on any atom is -0.388 e. The van der Waals surface area contributed by atoms with E-state index in [1.807, 2.05) is 20.2 Å². The largest absolute Gasteiger partial charge is 0.388 e. The maximum absolute atomic E-state index is 5.56. The van der Waals surface area contributed by atoms with Gasteiger partial charge in [0.05, 0.1) is 6.20 Å². The fourth-order valence-electron chi connectivity index (χ4n) is 1.52. The first-order valence-electron chi connectivity index (χ1n) is 5.41. The molecule has 18 heavy (non-hydrogen) atoms. The van der Waals surface area contributed by atoms with Crippen LogP contribution in [0.3, 0.4) is 0 Å². The van der Waals surface area contributed by atoms with Crippen molar-refractivity contribution in [3.8, 4) is 0 Å². The number of nitrogens with zero attached hydrogens (tertiary/aromatic N) is 4. The van der Waals surface area contributed by atoms with Crippen molar-refractivity contribution in [2.75, 3.05) is 5.32 Å². The average molecular weight is 262 g/mol. The predicted octanol–water partition coefficient (Wildman–Crippen LogP) is 0.765. The monoisotopic (exact) mass is 262 g/mol. The van der Waals surface area contributed by atoms with Crippen LogP contribution in [0.4, 0.5) is 5.95 Å². The zero-order valence-electron chi connectivity index (χ0n) is 10.2. The molecule has 2 heterocycles. The summed E-state index contributed by atoms with van der Waals surface area (Å²) in [6, 6.07) is 1.76. The number of nitrogens with two attached hydrogens (primary N) is 1. The van der Waals surface area contributed by atoms with Gasteiger partial charge in [-0.15, -0.1) is 0 Å². The number of hydrogen-bond donors (Lipinski definition) is 2. The highest BCUT2D eigenvalue weighted by molar-refractivity contribution is 7.80. The van der Waals surface area contributed by atoms with E-state index in [9.17, 15) is 0 Å². The first kappa shape index (κ1) is 12.4. The zero-order chi connectivity index (χ0) is 13.1. The van der Waals surface area contributed by atoms with Crippen LogP contribution in [0.5, 0.6) is 0 Å². The van der Waals surface area contributed by atoms with Crippen molar-refractivity contribution in [1.82, 2.24) is 19.7 Å². The lowest BCUT2D eigenvalue weighted by Crippen LogP contribution is -2.14. The molecule has 0 aromatic carbocycles. The molecular weight excluding hydrogens is 248 g/mol. The smallest absolute Gasteiger partial charge is 0.223 e. The van der Waals surface area contributed by atoms with Gasteiger partial charge in [-0.3, -0.25) is 4.68 Å². The van der Waals surface area contributed by atoms with Gasteiger partial charge in [0.1, 0.15) is 10.7 Å². The maximum Gasteiger partial charge on any atom is 0.223 e. The Hall–Kier alpha value is -2.02. The molecule has 2 rings (SSSR count). The third kappa shape index (κ3) is 3.01. The van der Waals surface area contributed by atoms with Crippen molar-refractivity contribution in [1.29, 1.82) is 0 Å². The summed E-state index contributed by atoms with van der Waals surface area (Å²) in [5, 5.41) is 7.21. The molecule has 0 fully saturated rings. The van der Waals surface area contributed by atoms with E-state index in [1.54, 1.807) is 16.9 Å². The fraction of sp³-hybridized carbons (Fsp3) is 0.273. The molecule has 0 aliphatic heterocycles. The van der Waals surface area contributed by atoms with Crippen LogP contribution in [-0.4, -0.2) is 24.7 Å². The molecule has 0 radical (unpaired) electrons. The number of nitrogens with one attached hydrogen (secondary N) is 1. The first-order chi connectivity index (χ1) is 8.54. The highest BCUT2D eigenvalue weighted by atomic mass is 32.1. The third-order valence-electron chi connectivity index (χ3n) is 2.32. The Morgan fingerprint density at radius 3 is 2.89 bits per heavy atom. The number of rotatable bonds is 4. The summed E-state index contributed by atoms with van der Waals surface area (Å²) in [4.78, 5) is 8.78. The lowest BCUT2D eigenvalue weighted by molar-refractivity contribution is 0.767. The average Bonchev–Trinajstić information content (AvgIpc) is 2.72. The Kier molecular flexibility index (Phi) is 3.52. The summed E-state index contributed by atoms with van der Waals surface area (Å²) < 4.78 is 1.74. The maximum atomic E-state index is 5.56. The Morgan fingerprint density at radius 2 is 2.28 bits per heavy atom. The number of thiocarbonyl (C=S) groups is 1. The lowest BCUT2D eigenvalue weighted by Gasteiger charge is -2.06. The van der Waals surface area contributed by atoms with E-state index in [-0.39, 0.29) is 4.99 Å². The van der Waals surface area contributed by atoms with Gasteiger partial charge >= 0.3 is 0 Å². The van der Waals surface area contributed by atoms with E-state index in [4.69, 9.17) is 18.0 Å². The molecule has 0 saturated heterocycles. The van der Waals surface area contributed by atoms with Crippen molar-refractivity contribution < 1.29 is 0 Å². The van der Waals surface area contributed by atoms with Gasteiger partial charge in [-0.05, 0) is 13.0 Å². The van der Waals surface area contributed by atoms with Crippen LogP contribution in [0.2, 0.25) is 0 Å². The van der Waals surface area contributed by atoms with Gasteiger partial charge < -0.3 is 11.1 Å². The van der Waals surface area contributed by atoms with Gasteiger partial charge in [-0.2, -0.15) is 5.10 Å². The second-order valence-electron chi connectivity index (χ2n) is 3.96. The Balaban J connectivity index is 2.11. The lowest BCUT2D eigenvalue weighted by atomic mass is 10.3. The van der Waals surface area contributed by atoms with Gasteiger partial charge in [-0.25, -0.2) is 9.97 Å². The predicted molar refractivity (Wildman–Crippen MR) is 73.2 cm³/mol. The summed E-state index contributed by atoms with van der Waals surface area (Å²) in [6.07, 6.45) is 3.72. The standard InChI is InChI=1S/C11H14N6S/c1-7-3-9(10(12)18)16-11(15-7)13-4-8-5-14-17(2)6-8/h3,5-6H,4H2,1-2H3,(H2,12,18)(H,13,15,16). The highest BCUT2D eigenvalue weighted by Gasteiger charge is 2.04. The van der Waals surface area contributed by atoms with Gasteiger partial charge in [0.2, 0.25) is 5.95 Å². The van der Waals surface area contributed by atoms with Crippen LogP contribution in [-0.2, 0) is 13.6 Å². The van der Waals surface area contributed by atoms with Gasteiger partial charge in [-0.1, -0.05) is 12.2 Å². The van der Waals surface area contributed by atoms with Crippen LogP contribution in [0.1, 0.15) is 17.0 Å². The summed E-state index contributed by atoms with van der Waals surface area (Å²) in [5.74, 6) is 0.515. The van der Waals surface area contributed by atoms with Crippen LogP contribution >= 0.6 is 12.2 Å². The molecule has 0 aliphatic rings. The van der Waals surface area contributed by atoms with Gasteiger partial charge in [0, 0.05) is 31.0 Å². The minimum atomic E-state index is 0.268. The second-order valence-corrected chi connectivity index (χ2v) is 4.40. The van der Waals surface area contributed by atoms with E-state index in [0.717, 1.165) is 11.3 Å². The van der Waals surface area contributed by atoms with E-state index in [2.05, 4.69) is 20.4 Å². The van der Waals surface area contributed by atoms with E-state index in [0.29, 0.717) is 18.2 Å². The Labute approximate surface area is 110 Å². The van der Waals surface area contributed by atoms with Crippen LogP contribution in [0, 0.1) is 6.92 Å². The minimum absolute atomic E-state index is 0.268. The molecule has 0 saturated carbocycles. The van der Waals surface area contributed by atoms with E-state index >= 15 is 0 Å². The normalized spacial score (nSPS) is 10.3. The molecule has 94 valence electrons. The Bertz CT molecular complexity index is 577. The highest BCUT2D eigenvalue weighted by Crippen LogP contribution is 2.07. The molecule has 6 nitrogen and oxygen atoms in total.